The third-order valence-corrected chi connectivity index (χ3v) is 3.19. The maximum absolute atomic E-state index is 11.4. The fraction of sp³-hybridized carbons (Fsp3) is 0.154. The van der Waals surface area contributed by atoms with Crippen molar-refractivity contribution in [1.29, 1.82) is 0 Å². The van der Waals surface area contributed by atoms with Crippen molar-refractivity contribution in [2.75, 3.05) is 0 Å². The molecular formula is C13H12NO2S-. The maximum atomic E-state index is 11.4. The SMILES string of the molecule is Cc1ccc(Cc2cccn([O-])c2=S=O)cc1. The predicted octanol–water partition coefficient (Wildman–Crippen LogP) is 2.48. The Labute approximate surface area is 103 Å². The van der Waals surface area contributed by atoms with E-state index < -0.39 is 0 Å². The zero-order valence-corrected chi connectivity index (χ0v) is 10.2. The molecular weight excluding hydrogens is 234 g/mol. The number of aryl methyl sites for hydroxylation is 1. The molecule has 2 aromatic rings. The van der Waals surface area contributed by atoms with Gasteiger partial charge in [0.05, 0.1) is 0 Å². The van der Waals surface area contributed by atoms with Gasteiger partial charge >= 0.3 is 0 Å². The van der Waals surface area contributed by atoms with Gasteiger partial charge in [0, 0.05) is 6.42 Å². The fourth-order valence-electron chi connectivity index (χ4n) is 1.67. The quantitative estimate of drug-likeness (QED) is 0.764. The van der Waals surface area contributed by atoms with Gasteiger partial charge in [0.15, 0.2) is 0 Å². The van der Waals surface area contributed by atoms with Gasteiger partial charge in [-0.3, -0.25) is 0 Å². The molecule has 0 bridgehead atoms. The highest BCUT2D eigenvalue weighted by Gasteiger charge is 1.99. The summed E-state index contributed by atoms with van der Waals surface area (Å²) in [7, 11) is 0. The van der Waals surface area contributed by atoms with Crippen LogP contribution in [0.3, 0.4) is 0 Å². The van der Waals surface area contributed by atoms with Crippen molar-refractivity contribution in [2.45, 2.75) is 13.3 Å². The molecule has 88 valence electrons. The Bertz CT molecular complexity index is 610. The first kappa shape index (κ1) is 11.7. The lowest BCUT2D eigenvalue weighted by atomic mass is 10.1. The molecule has 17 heavy (non-hydrogen) atoms. The zero-order valence-electron chi connectivity index (χ0n) is 9.42. The summed E-state index contributed by atoms with van der Waals surface area (Å²) in [6.45, 7) is 2.02. The summed E-state index contributed by atoms with van der Waals surface area (Å²) in [5, 5.41) is 11.4. The lowest BCUT2D eigenvalue weighted by Gasteiger charge is -2.12. The summed E-state index contributed by atoms with van der Waals surface area (Å²) in [4.78, 5) is 0. The molecule has 0 aliphatic carbocycles. The van der Waals surface area contributed by atoms with Crippen molar-refractivity contribution >= 4 is 11.3 Å². The van der Waals surface area contributed by atoms with Crippen LogP contribution in [0.5, 0.6) is 0 Å². The molecule has 4 heteroatoms. The topological polar surface area (TPSA) is 45.1 Å². The van der Waals surface area contributed by atoms with Crippen molar-refractivity contribution in [3.05, 3.63) is 69.1 Å². The lowest BCUT2D eigenvalue weighted by Crippen LogP contribution is -1.98. The van der Waals surface area contributed by atoms with Crippen LogP contribution >= 0.6 is 0 Å². The standard InChI is InChI=1S/C13H12NO2S/c1-10-4-6-11(7-5-10)9-12-3-2-8-14(15)13(12)17-16/h2-8H,9H2,1H3/q-1. The van der Waals surface area contributed by atoms with Gasteiger partial charge in [-0.15, -0.1) is 0 Å². The van der Waals surface area contributed by atoms with Crippen LogP contribution in [0, 0.1) is 16.8 Å². The predicted molar refractivity (Wildman–Crippen MR) is 68.6 cm³/mol. The van der Waals surface area contributed by atoms with Gasteiger partial charge in [0.2, 0.25) is 0 Å². The Hall–Kier alpha value is -1.81. The Morgan fingerprint density at radius 3 is 2.59 bits per heavy atom. The molecule has 0 N–H and O–H groups in total. The van der Waals surface area contributed by atoms with Gasteiger partial charge < -0.3 is 9.94 Å². The molecule has 1 heterocycles. The monoisotopic (exact) mass is 246 g/mol. The summed E-state index contributed by atoms with van der Waals surface area (Å²) in [5.74, 6) is 0. The molecule has 0 aliphatic heterocycles. The summed E-state index contributed by atoms with van der Waals surface area (Å²) < 4.78 is 11.8. The maximum Gasteiger partial charge on any atom is 0.135 e. The van der Waals surface area contributed by atoms with E-state index in [9.17, 15) is 9.42 Å². The summed E-state index contributed by atoms with van der Waals surface area (Å²) in [6.07, 6.45) is 1.95. The second-order valence-electron chi connectivity index (χ2n) is 3.91. The molecule has 0 atom stereocenters. The van der Waals surface area contributed by atoms with E-state index >= 15 is 0 Å². The first-order valence-electron chi connectivity index (χ1n) is 5.27. The molecule has 0 spiro atoms. The van der Waals surface area contributed by atoms with Gasteiger partial charge in [0.25, 0.3) is 0 Å². The van der Waals surface area contributed by atoms with Crippen LogP contribution in [0.15, 0.2) is 42.6 Å². The van der Waals surface area contributed by atoms with Crippen LogP contribution in [0.4, 0.5) is 0 Å². The molecule has 0 saturated heterocycles. The normalized spacial score (nSPS) is 10.2. The van der Waals surface area contributed by atoms with Crippen LogP contribution in [-0.4, -0.2) is 8.94 Å². The van der Waals surface area contributed by atoms with E-state index in [4.69, 9.17) is 0 Å². The van der Waals surface area contributed by atoms with Gasteiger partial charge in [-0.25, -0.2) is 4.21 Å². The highest BCUT2D eigenvalue weighted by Crippen LogP contribution is 2.11. The smallest absolute Gasteiger partial charge is 0.135 e. The van der Waals surface area contributed by atoms with Crippen LogP contribution in [-0.2, 0) is 17.7 Å². The highest BCUT2D eigenvalue weighted by atomic mass is 32.1. The molecule has 0 saturated carbocycles. The number of nitrogens with zero attached hydrogens (tertiary/aromatic N) is 1. The third-order valence-electron chi connectivity index (χ3n) is 2.59. The Balaban J connectivity index is 2.40. The molecule has 1 aromatic carbocycles. The van der Waals surface area contributed by atoms with Crippen LogP contribution in [0.1, 0.15) is 16.7 Å². The molecule has 0 amide bonds. The minimum Gasteiger partial charge on any atom is -0.805 e. The average Bonchev–Trinajstić information content (AvgIpc) is 2.32. The number of aromatic nitrogens is 1. The van der Waals surface area contributed by atoms with Crippen molar-refractivity contribution in [2.24, 2.45) is 0 Å². The van der Waals surface area contributed by atoms with Crippen molar-refractivity contribution < 1.29 is 4.21 Å². The average molecular weight is 246 g/mol. The minimum absolute atomic E-state index is 0.230. The molecule has 3 nitrogen and oxygen atoms in total. The number of rotatable bonds is 2. The summed E-state index contributed by atoms with van der Waals surface area (Å²) in [6, 6.07) is 11.5. The minimum atomic E-state index is 0.230. The summed E-state index contributed by atoms with van der Waals surface area (Å²) in [5.41, 5.74) is 3.06. The number of hydrogen-bond acceptors (Lipinski definition) is 2. The number of hydrogen-bond donors (Lipinski definition) is 0. The zero-order chi connectivity index (χ0) is 12.3. The molecule has 0 unspecified atom stereocenters. The number of pyridine rings is 1. The Kier molecular flexibility index (Phi) is 3.44. The van der Waals surface area contributed by atoms with Crippen molar-refractivity contribution in [3.8, 4) is 0 Å². The molecule has 2 rings (SSSR count). The largest absolute Gasteiger partial charge is 0.805 e. The van der Waals surface area contributed by atoms with E-state index in [0.717, 1.165) is 11.1 Å². The number of benzene rings is 1. The fourth-order valence-corrected chi connectivity index (χ4v) is 2.05. The first-order valence-corrected chi connectivity index (χ1v) is 6.01. The lowest BCUT2D eigenvalue weighted by molar-refractivity contribution is 0.698. The van der Waals surface area contributed by atoms with Gasteiger partial charge in [-0.05, 0) is 30.3 Å². The van der Waals surface area contributed by atoms with E-state index in [2.05, 4.69) is 0 Å². The second kappa shape index (κ2) is 5.01. The van der Waals surface area contributed by atoms with E-state index in [0.29, 0.717) is 11.2 Å². The van der Waals surface area contributed by atoms with Crippen LogP contribution in [0.25, 0.3) is 0 Å². The van der Waals surface area contributed by atoms with E-state index in [1.165, 1.54) is 11.8 Å². The third kappa shape index (κ3) is 2.65. The molecule has 0 aliphatic rings. The van der Waals surface area contributed by atoms with E-state index in [1.807, 2.05) is 37.3 Å². The molecule has 0 radical (unpaired) electrons. The van der Waals surface area contributed by atoms with Gasteiger partial charge in [-0.1, -0.05) is 35.9 Å². The highest BCUT2D eigenvalue weighted by molar-refractivity contribution is 7.56. The molecule has 0 fully saturated rings. The van der Waals surface area contributed by atoms with Crippen LogP contribution in [0.2, 0.25) is 0 Å². The van der Waals surface area contributed by atoms with Gasteiger partial charge in [-0.2, -0.15) is 0 Å². The first-order chi connectivity index (χ1) is 8.20. The Morgan fingerprint density at radius 1 is 1.24 bits per heavy atom. The van der Waals surface area contributed by atoms with E-state index in [-0.39, 0.29) is 15.9 Å². The van der Waals surface area contributed by atoms with Crippen LogP contribution < -0.4 is 0 Å². The summed E-state index contributed by atoms with van der Waals surface area (Å²) >= 11 is 0.245. The second-order valence-corrected chi connectivity index (χ2v) is 4.46. The van der Waals surface area contributed by atoms with Gasteiger partial charge in [0.1, 0.15) is 15.9 Å². The molecule has 1 aromatic heterocycles. The van der Waals surface area contributed by atoms with E-state index in [1.54, 1.807) is 6.07 Å². The van der Waals surface area contributed by atoms with Crippen molar-refractivity contribution in [3.63, 3.8) is 0 Å². The van der Waals surface area contributed by atoms with Crippen molar-refractivity contribution in [1.82, 2.24) is 4.73 Å². The Morgan fingerprint density at radius 2 is 1.94 bits per heavy atom.